The van der Waals surface area contributed by atoms with E-state index in [9.17, 15) is 0 Å². The molecule has 0 N–H and O–H groups in total. The molecule has 0 radical (unpaired) electrons. The van der Waals surface area contributed by atoms with Gasteiger partial charge in [-0.15, -0.1) is 6.58 Å². The molecule has 0 aromatic heterocycles. The van der Waals surface area contributed by atoms with Gasteiger partial charge in [0.25, 0.3) is 0 Å². The maximum Gasteiger partial charge on any atom is 0.0249 e. The SMILES string of the molecule is C=CCCC1CCC(CCc2ccc(-c3ccc(C#Cc4ccc(C)cc4)cc3)cc2)CC1. The Morgan fingerprint density at radius 1 is 0.697 bits per heavy atom. The van der Waals surface area contributed by atoms with E-state index < -0.39 is 0 Å². The normalized spacial score (nSPS) is 17.7. The Kier molecular flexibility index (Phi) is 8.21. The molecule has 1 aliphatic carbocycles. The van der Waals surface area contributed by atoms with Crippen molar-refractivity contribution in [3.8, 4) is 23.0 Å². The zero-order valence-electron chi connectivity index (χ0n) is 20.0. The number of hydrogen-bond acceptors (Lipinski definition) is 0. The maximum atomic E-state index is 3.87. The van der Waals surface area contributed by atoms with Crippen LogP contribution in [0.2, 0.25) is 0 Å². The van der Waals surface area contributed by atoms with Crippen LogP contribution in [0.25, 0.3) is 11.1 Å². The maximum absolute atomic E-state index is 3.87. The molecule has 0 heteroatoms. The molecule has 3 aromatic carbocycles. The van der Waals surface area contributed by atoms with Crippen LogP contribution in [0.1, 0.15) is 67.2 Å². The monoisotopic (exact) mass is 432 g/mol. The van der Waals surface area contributed by atoms with Gasteiger partial charge in [0.15, 0.2) is 0 Å². The van der Waals surface area contributed by atoms with E-state index in [1.807, 2.05) is 0 Å². The van der Waals surface area contributed by atoms with E-state index in [4.69, 9.17) is 0 Å². The molecule has 0 spiro atoms. The molecule has 3 aromatic rings. The minimum absolute atomic E-state index is 0.915. The van der Waals surface area contributed by atoms with E-state index >= 15 is 0 Å². The molecule has 4 rings (SSSR count). The fourth-order valence-electron chi connectivity index (χ4n) is 4.92. The van der Waals surface area contributed by atoms with Gasteiger partial charge in [0, 0.05) is 11.1 Å². The molecule has 0 nitrogen and oxygen atoms in total. The Morgan fingerprint density at radius 3 is 1.73 bits per heavy atom. The first kappa shape index (κ1) is 23.1. The van der Waals surface area contributed by atoms with Gasteiger partial charge in [-0.25, -0.2) is 0 Å². The first-order chi connectivity index (χ1) is 16.2. The van der Waals surface area contributed by atoms with Gasteiger partial charge in [-0.2, -0.15) is 0 Å². The zero-order chi connectivity index (χ0) is 22.9. The predicted octanol–water partition coefficient (Wildman–Crippen LogP) is 8.77. The van der Waals surface area contributed by atoms with Crippen molar-refractivity contribution in [3.63, 3.8) is 0 Å². The van der Waals surface area contributed by atoms with Gasteiger partial charge >= 0.3 is 0 Å². The first-order valence-corrected chi connectivity index (χ1v) is 12.6. The summed E-state index contributed by atoms with van der Waals surface area (Å²) in [4.78, 5) is 0. The van der Waals surface area contributed by atoms with E-state index in [0.717, 1.165) is 23.0 Å². The average molecular weight is 433 g/mol. The topological polar surface area (TPSA) is 0 Å². The van der Waals surface area contributed by atoms with Crippen molar-refractivity contribution in [2.75, 3.05) is 0 Å². The number of hydrogen-bond donors (Lipinski definition) is 0. The molecule has 168 valence electrons. The summed E-state index contributed by atoms with van der Waals surface area (Å²) < 4.78 is 0. The lowest BCUT2D eigenvalue weighted by molar-refractivity contribution is 0.254. The molecule has 1 saturated carbocycles. The predicted molar refractivity (Wildman–Crippen MR) is 142 cm³/mol. The first-order valence-electron chi connectivity index (χ1n) is 12.6. The Hall–Kier alpha value is -3.04. The Morgan fingerprint density at radius 2 is 1.18 bits per heavy atom. The Labute approximate surface area is 200 Å². The van der Waals surface area contributed by atoms with E-state index in [0.29, 0.717) is 0 Å². The second-order valence-electron chi connectivity index (χ2n) is 9.68. The fourth-order valence-corrected chi connectivity index (χ4v) is 4.92. The average Bonchev–Trinajstić information content (AvgIpc) is 2.87. The third kappa shape index (κ3) is 6.97. The second kappa shape index (κ2) is 11.7. The van der Waals surface area contributed by atoms with Gasteiger partial charge in [-0.05, 0) is 85.4 Å². The third-order valence-electron chi connectivity index (χ3n) is 7.16. The van der Waals surface area contributed by atoms with Crippen LogP contribution >= 0.6 is 0 Å². The number of benzene rings is 3. The second-order valence-corrected chi connectivity index (χ2v) is 9.68. The number of rotatable bonds is 7. The number of allylic oxidation sites excluding steroid dienone is 1. The molecule has 0 atom stereocenters. The van der Waals surface area contributed by atoms with Gasteiger partial charge < -0.3 is 0 Å². The van der Waals surface area contributed by atoms with Crippen molar-refractivity contribution < 1.29 is 0 Å². The summed E-state index contributed by atoms with van der Waals surface area (Å²) in [6.45, 7) is 5.96. The third-order valence-corrected chi connectivity index (χ3v) is 7.16. The minimum Gasteiger partial charge on any atom is -0.103 e. The summed E-state index contributed by atoms with van der Waals surface area (Å²) in [5.74, 6) is 8.39. The lowest BCUT2D eigenvalue weighted by atomic mass is 9.78. The summed E-state index contributed by atoms with van der Waals surface area (Å²) in [6.07, 6.45) is 12.8. The molecular weight excluding hydrogens is 396 g/mol. The van der Waals surface area contributed by atoms with E-state index in [1.165, 1.54) is 73.6 Å². The number of aryl methyl sites for hydroxylation is 2. The van der Waals surface area contributed by atoms with Crippen molar-refractivity contribution in [3.05, 3.63) is 108 Å². The Bertz CT molecular complexity index is 1060. The largest absolute Gasteiger partial charge is 0.103 e. The van der Waals surface area contributed by atoms with Gasteiger partial charge in [0.05, 0.1) is 0 Å². The van der Waals surface area contributed by atoms with Crippen LogP contribution in [0.3, 0.4) is 0 Å². The van der Waals surface area contributed by atoms with E-state index in [2.05, 4.69) is 104 Å². The van der Waals surface area contributed by atoms with Crippen molar-refractivity contribution in [1.29, 1.82) is 0 Å². The van der Waals surface area contributed by atoms with Crippen LogP contribution < -0.4 is 0 Å². The van der Waals surface area contributed by atoms with E-state index in [1.54, 1.807) is 0 Å². The van der Waals surface area contributed by atoms with Crippen LogP contribution in [0, 0.1) is 30.6 Å². The zero-order valence-corrected chi connectivity index (χ0v) is 20.0. The van der Waals surface area contributed by atoms with Gasteiger partial charge in [-0.1, -0.05) is 97.7 Å². The summed E-state index contributed by atoms with van der Waals surface area (Å²) in [6, 6.07) is 26.1. The molecule has 0 bridgehead atoms. The molecular formula is C33H36. The van der Waals surface area contributed by atoms with Crippen molar-refractivity contribution in [2.24, 2.45) is 11.8 Å². The van der Waals surface area contributed by atoms with Crippen LogP contribution in [0.4, 0.5) is 0 Å². The minimum atomic E-state index is 0.915. The molecule has 0 unspecified atom stereocenters. The molecule has 1 aliphatic rings. The van der Waals surface area contributed by atoms with E-state index in [-0.39, 0.29) is 0 Å². The van der Waals surface area contributed by atoms with Gasteiger partial charge in [0.2, 0.25) is 0 Å². The van der Waals surface area contributed by atoms with Crippen LogP contribution in [0.15, 0.2) is 85.5 Å². The summed E-state index contributed by atoms with van der Waals surface area (Å²) in [5.41, 5.74) is 7.36. The Balaban J connectivity index is 1.28. The highest BCUT2D eigenvalue weighted by Crippen LogP contribution is 2.34. The van der Waals surface area contributed by atoms with Crippen molar-refractivity contribution in [2.45, 2.75) is 58.3 Å². The molecule has 0 aliphatic heterocycles. The highest BCUT2D eigenvalue weighted by molar-refractivity contribution is 5.64. The van der Waals surface area contributed by atoms with Gasteiger partial charge in [0.1, 0.15) is 0 Å². The molecule has 0 heterocycles. The highest BCUT2D eigenvalue weighted by Gasteiger charge is 2.20. The van der Waals surface area contributed by atoms with Crippen molar-refractivity contribution in [1.82, 2.24) is 0 Å². The molecule has 0 amide bonds. The van der Waals surface area contributed by atoms with Crippen LogP contribution in [-0.4, -0.2) is 0 Å². The summed E-state index contributed by atoms with van der Waals surface area (Å²) in [7, 11) is 0. The van der Waals surface area contributed by atoms with Crippen LogP contribution in [-0.2, 0) is 6.42 Å². The smallest absolute Gasteiger partial charge is 0.0249 e. The molecule has 0 saturated heterocycles. The quantitative estimate of drug-likeness (QED) is 0.258. The fraction of sp³-hybridized carbons (Fsp3) is 0.333. The standard InChI is InChI=1S/C33H36/c1-3-4-5-27-10-12-29(13-11-27)15-17-31-20-24-33(25-21-31)32-22-18-30(19-23-32)16-14-28-8-6-26(2)7-9-28/h3,6-9,18-25,27,29H,1,4-5,10-13,15,17H2,2H3. The lowest BCUT2D eigenvalue weighted by Gasteiger charge is -2.28. The van der Waals surface area contributed by atoms with Crippen molar-refractivity contribution >= 4 is 0 Å². The summed E-state index contributed by atoms with van der Waals surface area (Å²) in [5, 5.41) is 0. The lowest BCUT2D eigenvalue weighted by Crippen LogP contribution is -2.15. The highest BCUT2D eigenvalue weighted by atomic mass is 14.3. The molecule has 1 fully saturated rings. The van der Waals surface area contributed by atoms with Gasteiger partial charge in [-0.3, -0.25) is 0 Å². The summed E-state index contributed by atoms with van der Waals surface area (Å²) >= 11 is 0. The molecule has 33 heavy (non-hydrogen) atoms. The van der Waals surface area contributed by atoms with Crippen LogP contribution in [0.5, 0.6) is 0 Å².